The van der Waals surface area contributed by atoms with E-state index in [1.165, 1.54) is 0 Å². The molecule has 0 aliphatic rings. The summed E-state index contributed by atoms with van der Waals surface area (Å²) in [6, 6.07) is 3.40. The van der Waals surface area contributed by atoms with Crippen LogP contribution in [0.4, 0.5) is 17.6 Å². The van der Waals surface area contributed by atoms with Gasteiger partial charge in [0.1, 0.15) is 0 Å². The first-order chi connectivity index (χ1) is 9.40. The van der Waals surface area contributed by atoms with Crippen molar-refractivity contribution in [2.24, 2.45) is 0 Å². The van der Waals surface area contributed by atoms with Gasteiger partial charge in [0.05, 0.1) is 0 Å². The van der Waals surface area contributed by atoms with E-state index in [1.54, 1.807) is 7.11 Å². The lowest BCUT2D eigenvalue weighted by Gasteiger charge is -2.27. The first-order valence-electron chi connectivity index (χ1n) is 6.77. The van der Waals surface area contributed by atoms with Crippen LogP contribution >= 0.6 is 0 Å². The van der Waals surface area contributed by atoms with Crippen LogP contribution in [0.3, 0.4) is 0 Å². The van der Waals surface area contributed by atoms with Crippen LogP contribution in [-0.4, -0.2) is 15.4 Å². The van der Waals surface area contributed by atoms with Gasteiger partial charge in [-0.05, 0) is 42.6 Å². The van der Waals surface area contributed by atoms with Crippen molar-refractivity contribution in [2.75, 3.05) is 7.11 Å². The highest BCUT2D eigenvalue weighted by atomic mass is 28.4. The smallest absolute Gasteiger partial charge is 0.197 e. The fourth-order valence-electron chi connectivity index (χ4n) is 2.40. The molecule has 0 fully saturated rings. The lowest BCUT2D eigenvalue weighted by atomic mass is 10.1. The van der Waals surface area contributed by atoms with Crippen molar-refractivity contribution in [3.63, 3.8) is 0 Å². The highest BCUT2D eigenvalue weighted by molar-refractivity contribution is 6.73. The molecule has 0 heterocycles. The summed E-state index contributed by atoms with van der Waals surface area (Å²) in [5.74, 6) is -6.13. The molecule has 0 unspecified atom stereocenters. The zero-order valence-corrected chi connectivity index (χ0v) is 13.0. The highest BCUT2D eigenvalue weighted by Crippen LogP contribution is 2.26. The summed E-state index contributed by atoms with van der Waals surface area (Å²) < 4.78 is 58.1. The molecule has 0 aliphatic heterocycles. The second-order valence-corrected chi connectivity index (χ2v) is 9.60. The van der Waals surface area contributed by atoms with Gasteiger partial charge >= 0.3 is 0 Å². The Balaban J connectivity index is 2.76. The molecule has 114 valence electrons. The maximum Gasteiger partial charge on any atom is 0.197 e. The quantitative estimate of drug-likeness (QED) is 0.304. The Morgan fingerprint density at radius 3 is 2.10 bits per heavy atom. The number of hydrogen-bond donors (Lipinski definition) is 0. The van der Waals surface area contributed by atoms with Crippen molar-refractivity contribution in [2.45, 2.75) is 44.8 Å². The van der Waals surface area contributed by atoms with Crippen LogP contribution in [0.15, 0.2) is 6.07 Å². The molecular formula is C14H20F4OSi. The van der Waals surface area contributed by atoms with Crippen LogP contribution in [0.1, 0.15) is 25.8 Å². The van der Waals surface area contributed by atoms with Crippen LogP contribution in [-0.2, 0) is 10.8 Å². The zero-order valence-electron chi connectivity index (χ0n) is 12.0. The van der Waals surface area contributed by atoms with Crippen molar-refractivity contribution < 1.29 is 22.0 Å². The van der Waals surface area contributed by atoms with Crippen LogP contribution in [0, 0.1) is 23.3 Å². The molecule has 0 saturated heterocycles. The van der Waals surface area contributed by atoms with E-state index in [4.69, 9.17) is 4.43 Å². The van der Waals surface area contributed by atoms with Crippen molar-refractivity contribution in [3.8, 4) is 0 Å². The Morgan fingerprint density at radius 2 is 1.60 bits per heavy atom. The predicted molar refractivity (Wildman–Crippen MR) is 73.1 cm³/mol. The maximum atomic E-state index is 13.5. The van der Waals surface area contributed by atoms with Gasteiger partial charge in [-0.2, -0.15) is 0 Å². The van der Waals surface area contributed by atoms with Gasteiger partial charge in [0, 0.05) is 7.11 Å². The fraction of sp³-hybridized carbons (Fsp3) is 0.571. The van der Waals surface area contributed by atoms with Gasteiger partial charge in [-0.1, -0.05) is 13.8 Å². The molecule has 0 spiro atoms. The van der Waals surface area contributed by atoms with Crippen molar-refractivity contribution in [1.82, 2.24) is 0 Å². The van der Waals surface area contributed by atoms with E-state index in [1.807, 2.05) is 0 Å². The molecule has 1 aromatic rings. The SMILES string of the molecule is CC[Si](CC)(CCCc1cc(F)c(F)c(F)c1F)OC. The minimum Gasteiger partial charge on any atom is -0.420 e. The molecular weight excluding hydrogens is 288 g/mol. The van der Waals surface area contributed by atoms with Crippen LogP contribution in [0.25, 0.3) is 0 Å². The monoisotopic (exact) mass is 308 g/mol. The third-order valence-corrected chi connectivity index (χ3v) is 8.69. The summed E-state index contributed by atoms with van der Waals surface area (Å²) in [5, 5.41) is 0. The van der Waals surface area contributed by atoms with Crippen molar-refractivity contribution in [1.29, 1.82) is 0 Å². The summed E-state index contributed by atoms with van der Waals surface area (Å²) in [6.45, 7) is 4.11. The summed E-state index contributed by atoms with van der Waals surface area (Å²) >= 11 is 0. The maximum absolute atomic E-state index is 13.5. The summed E-state index contributed by atoms with van der Waals surface area (Å²) in [6.07, 6.45) is 0.751. The third-order valence-electron chi connectivity index (χ3n) is 3.98. The molecule has 1 nitrogen and oxygen atoms in total. The predicted octanol–water partition coefficient (Wildman–Crippen LogP) is 4.81. The van der Waals surface area contributed by atoms with Gasteiger partial charge in [-0.15, -0.1) is 0 Å². The molecule has 6 heteroatoms. The molecule has 0 bridgehead atoms. The minimum atomic E-state index is -1.81. The van der Waals surface area contributed by atoms with Crippen molar-refractivity contribution >= 4 is 8.32 Å². The fourth-order valence-corrected chi connectivity index (χ4v) is 5.21. The van der Waals surface area contributed by atoms with Gasteiger partial charge in [0.15, 0.2) is 31.6 Å². The Kier molecular flexibility index (Phi) is 6.20. The van der Waals surface area contributed by atoms with E-state index in [9.17, 15) is 17.6 Å². The molecule has 0 atom stereocenters. The standard InChI is InChI=1S/C14H20F4OSi/c1-4-20(5-2,19-3)8-6-7-10-9-11(15)13(17)14(18)12(10)16/h9H,4-8H2,1-3H3. The molecule has 1 rings (SSSR count). The van der Waals surface area contributed by atoms with E-state index >= 15 is 0 Å². The lowest BCUT2D eigenvalue weighted by molar-refractivity contribution is 0.388. The molecule has 1 aromatic carbocycles. The van der Waals surface area contributed by atoms with Gasteiger partial charge in [0.25, 0.3) is 0 Å². The average Bonchev–Trinajstić information content (AvgIpc) is 2.47. The number of hydrogen-bond acceptors (Lipinski definition) is 1. The van der Waals surface area contributed by atoms with E-state index in [-0.39, 0.29) is 12.0 Å². The normalized spacial score (nSPS) is 11.9. The summed E-state index contributed by atoms with van der Waals surface area (Å²) in [7, 11) is -0.133. The average molecular weight is 308 g/mol. The Hall–Kier alpha value is -0.883. The molecule has 0 amide bonds. The Labute approximate surface area is 118 Å². The third kappa shape index (κ3) is 3.61. The second kappa shape index (κ2) is 7.22. The lowest BCUT2D eigenvalue weighted by Crippen LogP contribution is -2.35. The molecule has 0 N–H and O–H groups in total. The molecule has 0 aromatic heterocycles. The van der Waals surface area contributed by atoms with E-state index < -0.39 is 31.6 Å². The van der Waals surface area contributed by atoms with E-state index in [0.717, 1.165) is 24.2 Å². The van der Waals surface area contributed by atoms with Gasteiger partial charge in [-0.3, -0.25) is 0 Å². The topological polar surface area (TPSA) is 9.23 Å². The van der Waals surface area contributed by atoms with Gasteiger partial charge in [-0.25, -0.2) is 17.6 Å². The highest BCUT2D eigenvalue weighted by Gasteiger charge is 2.29. The molecule has 0 saturated carbocycles. The van der Waals surface area contributed by atoms with Gasteiger partial charge < -0.3 is 4.43 Å². The van der Waals surface area contributed by atoms with Crippen LogP contribution < -0.4 is 0 Å². The summed E-state index contributed by atoms with van der Waals surface area (Å²) in [4.78, 5) is 0. The Bertz CT molecular complexity index is 453. The molecule has 0 radical (unpaired) electrons. The molecule has 0 aliphatic carbocycles. The largest absolute Gasteiger partial charge is 0.420 e. The first-order valence-corrected chi connectivity index (χ1v) is 9.30. The summed E-state index contributed by atoms with van der Waals surface area (Å²) in [5.41, 5.74) is -0.118. The number of rotatable bonds is 7. The number of aryl methyl sites for hydroxylation is 1. The molecule has 20 heavy (non-hydrogen) atoms. The van der Waals surface area contributed by atoms with Crippen LogP contribution in [0.5, 0.6) is 0 Å². The van der Waals surface area contributed by atoms with Crippen molar-refractivity contribution in [3.05, 3.63) is 34.9 Å². The second-order valence-electron chi connectivity index (χ2n) is 4.91. The van der Waals surface area contributed by atoms with E-state index in [2.05, 4.69) is 13.8 Å². The number of benzene rings is 1. The van der Waals surface area contributed by atoms with Gasteiger partial charge in [0.2, 0.25) is 0 Å². The Morgan fingerprint density at radius 1 is 1.00 bits per heavy atom. The van der Waals surface area contributed by atoms with E-state index in [0.29, 0.717) is 6.42 Å². The van der Waals surface area contributed by atoms with Crippen LogP contribution in [0.2, 0.25) is 18.1 Å². The number of halogens is 4. The zero-order chi connectivity index (χ0) is 15.3. The minimum absolute atomic E-state index is 0.118. The first kappa shape index (κ1) is 17.2.